The predicted octanol–water partition coefficient (Wildman–Crippen LogP) is 5.09. The summed E-state index contributed by atoms with van der Waals surface area (Å²) in [4.78, 5) is 16.8. The van der Waals surface area contributed by atoms with Crippen LogP contribution in [0.1, 0.15) is 53.5 Å². The Labute approximate surface area is 204 Å². The van der Waals surface area contributed by atoms with Crippen LogP contribution in [0, 0.1) is 5.92 Å². The van der Waals surface area contributed by atoms with Crippen molar-refractivity contribution in [1.82, 2.24) is 4.90 Å². The Morgan fingerprint density at radius 1 is 0.971 bits per heavy atom. The van der Waals surface area contributed by atoms with Crippen molar-refractivity contribution in [1.29, 1.82) is 0 Å². The van der Waals surface area contributed by atoms with Gasteiger partial charge in [-0.25, -0.2) is 0 Å². The van der Waals surface area contributed by atoms with Gasteiger partial charge in [-0.1, -0.05) is 19.9 Å². The minimum Gasteiger partial charge on any atom is -0.497 e. The van der Waals surface area contributed by atoms with E-state index in [1.807, 2.05) is 53.7 Å². The number of carbonyl (C=O) groups is 1. The molecule has 0 saturated carbocycles. The number of hydrogen-bond donors (Lipinski definition) is 0. The highest BCUT2D eigenvalue weighted by atomic mass is 32.2. The van der Waals surface area contributed by atoms with Gasteiger partial charge in [-0.15, -0.1) is 0 Å². The maximum atomic E-state index is 13.1. The van der Waals surface area contributed by atoms with Gasteiger partial charge in [0.15, 0.2) is 0 Å². The van der Waals surface area contributed by atoms with Gasteiger partial charge >= 0.3 is 10.1 Å². The summed E-state index contributed by atoms with van der Waals surface area (Å²) in [6.07, 6.45) is 0.427. The summed E-state index contributed by atoms with van der Waals surface area (Å²) in [6.45, 7) is 13.8. The third kappa shape index (κ3) is 7.13. The van der Waals surface area contributed by atoms with Gasteiger partial charge in [0.05, 0.1) is 7.11 Å². The van der Waals surface area contributed by atoms with E-state index < -0.39 is 10.1 Å². The van der Waals surface area contributed by atoms with Crippen molar-refractivity contribution in [2.24, 2.45) is 5.92 Å². The third-order valence-electron chi connectivity index (χ3n) is 5.59. The van der Waals surface area contributed by atoms with Crippen molar-refractivity contribution < 1.29 is 22.1 Å². The van der Waals surface area contributed by atoms with Crippen LogP contribution < -0.4 is 13.8 Å². The maximum absolute atomic E-state index is 13.1. The molecule has 8 heteroatoms. The number of carbonyl (C=O) groups excluding carboxylic acids is 1. The second-order valence-electron chi connectivity index (χ2n) is 8.89. The van der Waals surface area contributed by atoms with Crippen molar-refractivity contribution >= 4 is 21.7 Å². The zero-order valence-electron chi connectivity index (χ0n) is 21.4. The first-order valence-electron chi connectivity index (χ1n) is 11.8. The van der Waals surface area contributed by atoms with Crippen molar-refractivity contribution in [3.05, 3.63) is 48.0 Å². The van der Waals surface area contributed by atoms with Gasteiger partial charge in [-0.2, -0.15) is 8.42 Å². The summed E-state index contributed by atoms with van der Waals surface area (Å²) in [5.41, 5.74) is 1.50. The molecule has 0 bridgehead atoms. The van der Waals surface area contributed by atoms with Crippen molar-refractivity contribution in [2.45, 2.75) is 65.4 Å². The molecular weight excluding hydrogens is 452 g/mol. The summed E-state index contributed by atoms with van der Waals surface area (Å²) in [7, 11) is -2.57. The monoisotopic (exact) mass is 490 g/mol. The van der Waals surface area contributed by atoms with Gasteiger partial charge in [0.1, 0.15) is 16.4 Å². The lowest BCUT2D eigenvalue weighted by Gasteiger charge is -2.29. The van der Waals surface area contributed by atoms with Crippen LogP contribution in [0.2, 0.25) is 0 Å². The maximum Gasteiger partial charge on any atom is 0.339 e. The molecule has 2 rings (SSSR count). The topological polar surface area (TPSA) is 76.2 Å². The number of benzene rings is 2. The summed E-state index contributed by atoms with van der Waals surface area (Å²) in [5.74, 6) is 1.04. The number of nitrogens with zero attached hydrogens (tertiary/aromatic N) is 2. The normalized spacial score (nSPS) is 11.6. The zero-order chi connectivity index (χ0) is 25.5. The van der Waals surface area contributed by atoms with E-state index in [2.05, 4.69) is 4.90 Å². The smallest absolute Gasteiger partial charge is 0.339 e. The minimum atomic E-state index is -4.09. The van der Waals surface area contributed by atoms with Crippen molar-refractivity contribution in [3.63, 3.8) is 0 Å². The molecular formula is C26H38N2O5S. The second-order valence-corrected chi connectivity index (χ2v) is 10.4. The van der Waals surface area contributed by atoms with Crippen LogP contribution in [0.4, 0.5) is 5.69 Å². The number of rotatable bonds is 12. The highest BCUT2D eigenvalue weighted by Crippen LogP contribution is 2.31. The standard InChI is InChI=1S/C26H38N2O5S/c1-8-27(9-2)22-11-10-21(18-28(20(5)6)26(29)16-19(3)4)25(17-22)33-34(30,31)24-14-12-23(32-7)13-15-24/h10-15,17,19-20H,8-9,16,18H2,1-7H3. The molecule has 0 spiro atoms. The lowest BCUT2D eigenvalue weighted by Crippen LogP contribution is -2.37. The van der Waals surface area contributed by atoms with Gasteiger partial charge in [0, 0.05) is 49.4 Å². The molecule has 0 aromatic heterocycles. The van der Waals surface area contributed by atoms with E-state index in [-0.39, 0.29) is 35.1 Å². The Morgan fingerprint density at radius 3 is 2.09 bits per heavy atom. The first kappa shape index (κ1) is 27.5. The van der Waals surface area contributed by atoms with Crippen LogP contribution in [-0.4, -0.2) is 45.5 Å². The second kappa shape index (κ2) is 12.1. The predicted molar refractivity (Wildman–Crippen MR) is 136 cm³/mol. The highest BCUT2D eigenvalue weighted by Gasteiger charge is 2.24. The van der Waals surface area contributed by atoms with Crippen LogP contribution in [0.3, 0.4) is 0 Å². The molecule has 188 valence electrons. The highest BCUT2D eigenvalue weighted by molar-refractivity contribution is 7.87. The van der Waals surface area contributed by atoms with Gasteiger partial charge in [-0.05, 0) is 63.9 Å². The fraction of sp³-hybridized carbons (Fsp3) is 0.500. The summed E-state index contributed by atoms with van der Waals surface area (Å²) in [6, 6.07) is 11.6. The Kier molecular flexibility index (Phi) is 9.79. The molecule has 0 N–H and O–H groups in total. The molecule has 34 heavy (non-hydrogen) atoms. The fourth-order valence-electron chi connectivity index (χ4n) is 3.65. The molecule has 0 radical (unpaired) electrons. The van der Waals surface area contributed by atoms with E-state index in [4.69, 9.17) is 8.92 Å². The molecule has 0 unspecified atom stereocenters. The van der Waals surface area contributed by atoms with Crippen molar-refractivity contribution in [3.8, 4) is 11.5 Å². The van der Waals surface area contributed by atoms with Crippen LogP contribution in [-0.2, 0) is 21.5 Å². The van der Waals surface area contributed by atoms with Gasteiger partial charge in [0.2, 0.25) is 5.91 Å². The lowest BCUT2D eigenvalue weighted by molar-refractivity contribution is -0.134. The molecule has 0 atom stereocenters. The van der Waals surface area contributed by atoms with Crippen molar-refractivity contribution in [2.75, 3.05) is 25.1 Å². The number of amides is 1. The number of ether oxygens (including phenoxy) is 1. The average Bonchev–Trinajstić information content (AvgIpc) is 2.78. The Morgan fingerprint density at radius 2 is 1.59 bits per heavy atom. The summed E-state index contributed by atoms with van der Waals surface area (Å²) < 4.78 is 37.0. The molecule has 2 aromatic rings. The van der Waals surface area contributed by atoms with Gasteiger partial charge in [0.25, 0.3) is 0 Å². The average molecular weight is 491 g/mol. The molecule has 0 saturated heterocycles. The Balaban J connectivity index is 2.49. The Hall–Kier alpha value is -2.74. The minimum absolute atomic E-state index is 0.0294. The quantitative estimate of drug-likeness (QED) is 0.386. The van der Waals surface area contributed by atoms with E-state index in [0.717, 1.165) is 18.8 Å². The largest absolute Gasteiger partial charge is 0.497 e. The SMILES string of the molecule is CCN(CC)c1ccc(CN(C(=O)CC(C)C)C(C)C)c(OS(=O)(=O)c2ccc(OC)cc2)c1. The molecule has 0 aliphatic carbocycles. The summed E-state index contributed by atoms with van der Waals surface area (Å²) >= 11 is 0. The van der Waals surface area contributed by atoms with Gasteiger partial charge < -0.3 is 18.7 Å². The molecule has 0 fully saturated rings. The third-order valence-corrected chi connectivity index (χ3v) is 6.84. The van der Waals surface area contributed by atoms with Gasteiger partial charge in [-0.3, -0.25) is 4.79 Å². The number of methoxy groups -OCH3 is 1. The van der Waals surface area contributed by atoms with Crippen LogP contribution >= 0.6 is 0 Å². The van der Waals surface area contributed by atoms with Crippen LogP contribution in [0.15, 0.2) is 47.4 Å². The van der Waals surface area contributed by atoms with E-state index in [9.17, 15) is 13.2 Å². The number of hydrogen-bond acceptors (Lipinski definition) is 6. The molecule has 1 amide bonds. The fourth-order valence-corrected chi connectivity index (χ4v) is 4.61. The molecule has 0 aliphatic rings. The summed E-state index contributed by atoms with van der Waals surface area (Å²) in [5, 5.41) is 0. The van der Waals surface area contributed by atoms with E-state index >= 15 is 0 Å². The Bertz CT molecular complexity index is 1050. The molecule has 0 aliphatic heterocycles. The first-order valence-corrected chi connectivity index (χ1v) is 13.2. The number of anilines is 1. The molecule has 7 nitrogen and oxygen atoms in total. The van der Waals surface area contributed by atoms with E-state index in [1.54, 1.807) is 23.1 Å². The van der Waals surface area contributed by atoms with E-state index in [0.29, 0.717) is 17.7 Å². The first-order chi connectivity index (χ1) is 16.0. The molecule has 0 heterocycles. The van der Waals surface area contributed by atoms with E-state index in [1.165, 1.54) is 19.2 Å². The molecule has 2 aromatic carbocycles. The zero-order valence-corrected chi connectivity index (χ0v) is 22.2. The van der Waals surface area contributed by atoms with Crippen LogP contribution in [0.5, 0.6) is 11.5 Å². The lowest BCUT2D eigenvalue weighted by atomic mass is 10.1. The van der Waals surface area contributed by atoms with Crippen LogP contribution in [0.25, 0.3) is 0 Å².